The first-order valence-electron chi connectivity index (χ1n) is 11.2. The molecule has 0 unspecified atom stereocenters. The van der Waals surface area contributed by atoms with E-state index in [2.05, 4.69) is 82.6 Å². The first-order valence-corrected chi connectivity index (χ1v) is 11.2. The summed E-state index contributed by atoms with van der Waals surface area (Å²) in [6.07, 6.45) is 0.907. The summed E-state index contributed by atoms with van der Waals surface area (Å²) in [5.41, 5.74) is 7.32. The lowest BCUT2D eigenvalue weighted by Crippen LogP contribution is -2.31. The number of para-hydroxylation sites is 1. The largest absolute Gasteiger partial charge is 0.473 e. The molecule has 0 saturated heterocycles. The van der Waals surface area contributed by atoms with Crippen LogP contribution in [0.2, 0.25) is 0 Å². The second-order valence-electron chi connectivity index (χ2n) is 8.52. The first kappa shape index (κ1) is 19.6. The van der Waals surface area contributed by atoms with Gasteiger partial charge in [-0.1, -0.05) is 48.5 Å². The number of rotatable bonds is 4. The van der Waals surface area contributed by atoms with Crippen molar-refractivity contribution in [2.45, 2.75) is 19.5 Å². The van der Waals surface area contributed by atoms with Crippen molar-refractivity contribution >= 4 is 11.4 Å². The molecule has 0 fully saturated rings. The van der Waals surface area contributed by atoms with Gasteiger partial charge in [0.25, 0.3) is 0 Å². The van der Waals surface area contributed by atoms with Crippen LogP contribution in [0.5, 0.6) is 11.5 Å². The highest BCUT2D eigenvalue weighted by atomic mass is 16.5. The second kappa shape index (κ2) is 8.44. The summed E-state index contributed by atoms with van der Waals surface area (Å²) in [6, 6.07) is 35.8. The van der Waals surface area contributed by atoms with Crippen LogP contribution < -0.4 is 19.3 Å². The van der Waals surface area contributed by atoms with Crippen LogP contribution >= 0.6 is 0 Å². The van der Waals surface area contributed by atoms with Crippen molar-refractivity contribution in [1.82, 2.24) is 0 Å². The minimum Gasteiger partial charge on any atom is -0.473 e. The van der Waals surface area contributed by atoms with Gasteiger partial charge in [-0.05, 0) is 66.1 Å². The van der Waals surface area contributed by atoms with E-state index in [1.807, 2.05) is 24.3 Å². The van der Waals surface area contributed by atoms with Crippen molar-refractivity contribution in [3.8, 4) is 11.5 Å². The molecule has 4 aromatic rings. The monoisotopic (exact) mass is 432 g/mol. The average Bonchev–Trinajstić information content (AvgIpc) is 2.89. The minimum atomic E-state index is 0.535. The molecular weight excluding hydrogens is 408 g/mol. The molecule has 0 aromatic heterocycles. The Kier molecular flexibility index (Phi) is 5.01. The highest BCUT2D eigenvalue weighted by Crippen LogP contribution is 2.29. The molecule has 162 valence electrons. The Bertz CT molecular complexity index is 1150. The standard InChI is InChI=1S/C29H24N2O2/c1-3-7-28-24(5-1)18-30(20-32-28)26-13-9-22(10-14-26)17-23-11-15-27(16-12-23)31-19-25-6-2-4-8-29(25)33-21-31/h1-3,5-7,9-16H,17-21H2. The predicted molar refractivity (Wildman–Crippen MR) is 130 cm³/mol. The van der Waals surface area contributed by atoms with E-state index in [0.29, 0.717) is 13.5 Å². The molecule has 2 heterocycles. The number of nitrogens with zero attached hydrogens (tertiary/aromatic N) is 2. The quantitative estimate of drug-likeness (QED) is 0.420. The molecule has 0 spiro atoms. The van der Waals surface area contributed by atoms with Gasteiger partial charge in [-0.3, -0.25) is 0 Å². The highest BCUT2D eigenvalue weighted by molar-refractivity contribution is 5.53. The molecular formula is C29H24N2O2. The van der Waals surface area contributed by atoms with Gasteiger partial charge in [-0.2, -0.15) is 0 Å². The normalized spacial score (nSPS) is 14.4. The lowest BCUT2D eigenvalue weighted by atomic mass is 10.0. The summed E-state index contributed by atoms with van der Waals surface area (Å²) in [4.78, 5) is 4.49. The molecule has 0 radical (unpaired) electrons. The number of benzene rings is 3. The van der Waals surface area contributed by atoms with Crippen LogP contribution in [0, 0.1) is 12.1 Å². The van der Waals surface area contributed by atoms with E-state index < -0.39 is 0 Å². The average molecular weight is 433 g/mol. The van der Waals surface area contributed by atoms with Crippen LogP contribution in [-0.4, -0.2) is 13.5 Å². The lowest BCUT2D eigenvalue weighted by Gasteiger charge is -2.30. The SMILES string of the molecule is c1ccc2c(c#1)OCN(c1ccc(Cc3ccc(N4COc5ccccc5C4)cc3)cc1)C2. The highest BCUT2D eigenvalue weighted by Gasteiger charge is 2.18. The van der Waals surface area contributed by atoms with Gasteiger partial charge in [-0.25, -0.2) is 0 Å². The summed E-state index contributed by atoms with van der Waals surface area (Å²) < 4.78 is 11.7. The lowest BCUT2D eigenvalue weighted by molar-refractivity contribution is 0.289. The Balaban J connectivity index is 1.10. The van der Waals surface area contributed by atoms with Crippen LogP contribution in [0.1, 0.15) is 22.3 Å². The molecule has 4 nitrogen and oxygen atoms in total. The van der Waals surface area contributed by atoms with Gasteiger partial charge < -0.3 is 19.3 Å². The van der Waals surface area contributed by atoms with Crippen molar-refractivity contribution in [3.63, 3.8) is 0 Å². The number of fused-ring (bicyclic) bond motifs is 2. The topological polar surface area (TPSA) is 24.9 Å². The maximum absolute atomic E-state index is 5.91. The maximum Gasteiger partial charge on any atom is 0.177 e. The molecule has 0 amide bonds. The van der Waals surface area contributed by atoms with Gasteiger partial charge in [0.2, 0.25) is 0 Å². The Morgan fingerprint density at radius 1 is 0.667 bits per heavy atom. The van der Waals surface area contributed by atoms with Gasteiger partial charge >= 0.3 is 0 Å². The van der Waals surface area contributed by atoms with Crippen LogP contribution in [0.3, 0.4) is 0 Å². The second-order valence-corrected chi connectivity index (χ2v) is 8.52. The summed E-state index contributed by atoms with van der Waals surface area (Å²) in [7, 11) is 0. The molecule has 33 heavy (non-hydrogen) atoms. The molecule has 2 aliphatic heterocycles. The Morgan fingerprint density at radius 2 is 1.30 bits per heavy atom. The fraction of sp³-hybridized carbons (Fsp3) is 0.172. The summed E-state index contributed by atoms with van der Waals surface area (Å²) >= 11 is 0. The van der Waals surface area contributed by atoms with Crippen molar-refractivity contribution in [1.29, 1.82) is 0 Å². The Morgan fingerprint density at radius 3 is 2.03 bits per heavy atom. The third kappa shape index (κ3) is 4.06. The number of hydrogen-bond donors (Lipinski definition) is 0. The third-order valence-electron chi connectivity index (χ3n) is 6.29. The third-order valence-corrected chi connectivity index (χ3v) is 6.29. The van der Waals surface area contributed by atoms with Crippen LogP contribution in [-0.2, 0) is 19.5 Å². The van der Waals surface area contributed by atoms with Gasteiger partial charge in [0.15, 0.2) is 19.2 Å². The molecule has 0 aliphatic carbocycles. The van der Waals surface area contributed by atoms with Crippen molar-refractivity contribution in [2.24, 2.45) is 0 Å². The smallest absolute Gasteiger partial charge is 0.177 e. The molecule has 0 saturated carbocycles. The molecule has 0 atom stereocenters. The van der Waals surface area contributed by atoms with E-state index in [-0.39, 0.29) is 0 Å². The summed E-state index contributed by atoms with van der Waals surface area (Å²) in [5.74, 6) is 1.81. The zero-order valence-corrected chi connectivity index (χ0v) is 18.3. The Hall–Kier alpha value is -4.10. The number of anilines is 2. The van der Waals surface area contributed by atoms with E-state index in [4.69, 9.17) is 9.47 Å². The first-order chi connectivity index (χ1) is 16.3. The molecule has 4 aromatic carbocycles. The summed E-state index contributed by atoms with van der Waals surface area (Å²) in [6.45, 7) is 2.82. The van der Waals surface area contributed by atoms with Crippen molar-refractivity contribution < 1.29 is 9.47 Å². The molecule has 6 rings (SSSR count). The zero-order chi connectivity index (χ0) is 22.0. The van der Waals surface area contributed by atoms with E-state index in [9.17, 15) is 0 Å². The van der Waals surface area contributed by atoms with Gasteiger partial charge in [0.1, 0.15) is 5.75 Å². The van der Waals surface area contributed by atoms with E-state index in [0.717, 1.165) is 42.3 Å². The van der Waals surface area contributed by atoms with E-state index in [1.54, 1.807) is 0 Å². The van der Waals surface area contributed by atoms with E-state index >= 15 is 0 Å². The molecule has 4 heteroatoms. The van der Waals surface area contributed by atoms with Gasteiger partial charge in [-0.15, -0.1) is 0 Å². The molecule has 2 aliphatic rings. The van der Waals surface area contributed by atoms with Gasteiger partial charge in [0, 0.05) is 29.0 Å². The zero-order valence-electron chi connectivity index (χ0n) is 18.3. The summed E-state index contributed by atoms with van der Waals surface area (Å²) in [5, 5.41) is 0. The molecule has 0 bridgehead atoms. The van der Waals surface area contributed by atoms with Gasteiger partial charge in [0.05, 0.1) is 6.54 Å². The van der Waals surface area contributed by atoms with Crippen molar-refractivity contribution in [3.05, 3.63) is 119 Å². The van der Waals surface area contributed by atoms with Crippen LogP contribution in [0.4, 0.5) is 11.4 Å². The maximum atomic E-state index is 5.91. The fourth-order valence-corrected chi connectivity index (χ4v) is 4.44. The number of ether oxygens (including phenoxy) is 2. The van der Waals surface area contributed by atoms with E-state index in [1.165, 1.54) is 22.4 Å². The van der Waals surface area contributed by atoms with Crippen LogP contribution in [0.15, 0.2) is 84.9 Å². The van der Waals surface area contributed by atoms with Crippen LogP contribution in [0.25, 0.3) is 0 Å². The fourth-order valence-electron chi connectivity index (χ4n) is 4.44. The number of hydrogen-bond acceptors (Lipinski definition) is 4. The van der Waals surface area contributed by atoms with Crippen molar-refractivity contribution in [2.75, 3.05) is 23.3 Å². The molecule has 0 N–H and O–H groups in total. The minimum absolute atomic E-state index is 0.535. The Labute approximate surface area is 194 Å². The predicted octanol–water partition coefficient (Wildman–Crippen LogP) is 5.59.